The van der Waals surface area contributed by atoms with Crippen LogP contribution in [-0.2, 0) is 4.57 Å². The van der Waals surface area contributed by atoms with Crippen molar-refractivity contribution in [2.75, 3.05) is 18.9 Å². The Hall–Kier alpha value is -2.41. The van der Waals surface area contributed by atoms with Crippen molar-refractivity contribution in [2.45, 2.75) is 13.8 Å². The lowest BCUT2D eigenvalue weighted by Gasteiger charge is -2.11. The molecule has 0 saturated heterocycles. The Morgan fingerprint density at radius 1 is 1.04 bits per heavy atom. The summed E-state index contributed by atoms with van der Waals surface area (Å²) in [5.74, 6) is 0.905. The summed E-state index contributed by atoms with van der Waals surface area (Å²) in [5, 5.41) is 8.02. The molecule has 0 amide bonds. The molecule has 8 nitrogen and oxygen atoms in total. The van der Waals surface area contributed by atoms with Gasteiger partial charge < -0.3 is 25.0 Å². The number of azo groups is 1. The number of ether oxygens (including phenoxy) is 2. The van der Waals surface area contributed by atoms with Crippen LogP contribution in [0, 0.1) is 0 Å². The van der Waals surface area contributed by atoms with Gasteiger partial charge in [0, 0.05) is 12.1 Å². The topological polar surface area (TPSA) is 127 Å². The monoisotopic (exact) mass is 365 g/mol. The van der Waals surface area contributed by atoms with E-state index < -0.39 is 7.60 Å². The van der Waals surface area contributed by atoms with Crippen LogP contribution in [0.1, 0.15) is 13.8 Å². The number of rotatable bonds is 7. The van der Waals surface area contributed by atoms with E-state index in [4.69, 9.17) is 15.2 Å². The Labute approximate surface area is 145 Å². The van der Waals surface area contributed by atoms with Gasteiger partial charge in [0.05, 0.1) is 29.9 Å². The van der Waals surface area contributed by atoms with E-state index in [1.165, 1.54) is 18.2 Å². The Balaban J connectivity index is 2.39. The minimum atomic E-state index is -4.35. The zero-order valence-electron chi connectivity index (χ0n) is 13.9. The van der Waals surface area contributed by atoms with Crippen LogP contribution in [0.15, 0.2) is 46.6 Å². The van der Waals surface area contributed by atoms with Crippen LogP contribution >= 0.6 is 7.60 Å². The van der Waals surface area contributed by atoms with Gasteiger partial charge in [0.1, 0.15) is 17.2 Å². The number of nitrogen functional groups attached to an aromatic ring is 1. The van der Waals surface area contributed by atoms with Gasteiger partial charge in [-0.3, -0.25) is 4.57 Å². The third-order valence-electron chi connectivity index (χ3n) is 3.13. The van der Waals surface area contributed by atoms with E-state index in [1.807, 2.05) is 13.8 Å². The molecule has 25 heavy (non-hydrogen) atoms. The van der Waals surface area contributed by atoms with E-state index in [0.717, 1.165) is 0 Å². The first-order chi connectivity index (χ1) is 11.8. The van der Waals surface area contributed by atoms with Crippen molar-refractivity contribution < 1.29 is 23.8 Å². The Kier molecular flexibility index (Phi) is 6.14. The molecule has 4 N–H and O–H groups in total. The van der Waals surface area contributed by atoms with Crippen LogP contribution in [0.3, 0.4) is 0 Å². The Morgan fingerprint density at radius 3 is 2.36 bits per heavy atom. The lowest BCUT2D eigenvalue weighted by molar-refractivity contribution is 0.333. The first-order valence-corrected chi connectivity index (χ1v) is 9.23. The number of nitrogens with zero attached hydrogens (tertiary/aromatic N) is 2. The van der Waals surface area contributed by atoms with E-state index in [2.05, 4.69) is 10.2 Å². The van der Waals surface area contributed by atoms with Crippen LogP contribution in [0.5, 0.6) is 11.5 Å². The van der Waals surface area contributed by atoms with Crippen LogP contribution in [0.4, 0.5) is 17.1 Å². The van der Waals surface area contributed by atoms with Crippen LogP contribution in [0.25, 0.3) is 0 Å². The van der Waals surface area contributed by atoms with E-state index in [1.54, 1.807) is 18.2 Å². The van der Waals surface area contributed by atoms with Gasteiger partial charge >= 0.3 is 7.60 Å². The molecule has 0 aliphatic carbocycles. The first kappa shape index (κ1) is 18.9. The highest BCUT2D eigenvalue weighted by Gasteiger charge is 2.17. The molecule has 0 atom stereocenters. The molecule has 134 valence electrons. The van der Waals surface area contributed by atoms with Crippen molar-refractivity contribution in [3.8, 4) is 11.5 Å². The molecule has 9 heteroatoms. The standard InChI is InChI=1S/C16H20N3O5P/c1-3-23-15-10-14(16(24-4-2)9-13(15)17)19-18-11-6-5-7-12(8-11)25(20,21)22/h5-10H,3-4,17H2,1-2H3,(H2,20,21,22). The quantitative estimate of drug-likeness (QED) is 0.393. The second-order valence-corrected chi connectivity index (χ2v) is 6.59. The molecule has 0 bridgehead atoms. The minimum absolute atomic E-state index is 0.124. The number of hydrogen-bond acceptors (Lipinski definition) is 6. The summed E-state index contributed by atoms with van der Waals surface area (Å²) in [4.78, 5) is 18.5. The Morgan fingerprint density at radius 2 is 1.72 bits per heavy atom. The lowest BCUT2D eigenvalue weighted by atomic mass is 10.2. The predicted molar refractivity (Wildman–Crippen MR) is 95.5 cm³/mol. The highest BCUT2D eigenvalue weighted by atomic mass is 31.2. The van der Waals surface area contributed by atoms with Crippen molar-refractivity contribution in [3.63, 3.8) is 0 Å². The summed E-state index contributed by atoms with van der Waals surface area (Å²) in [6, 6.07) is 8.92. The van der Waals surface area contributed by atoms with E-state index in [0.29, 0.717) is 41.8 Å². The molecule has 2 rings (SSSR count). The molecular weight excluding hydrogens is 345 g/mol. The van der Waals surface area contributed by atoms with Gasteiger partial charge in [-0.2, -0.15) is 5.11 Å². The van der Waals surface area contributed by atoms with Crippen LogP contribution in [0.2, 0.25) is 0 Å². The van der Waals surface area contributed by atoms with Gasteiger partial charge in [0.2, 0.25) is 0 Å². The van der Waals surface area contributed by atoms with Crippen molar-refractivity contribution >= 4 is 30.0 Å². The molecule has 0 unspecified atom stereocenters. The van der Waals surface area contributed by atoms with E-state index >= 15 is 0 Å². The summed E-state index contributed by atoms with van der Waals surface area (Å²) >= 11 is 0. The van der Waals surface area contributed by atoms with Crippen molar-refractivity contribution in [1.82, 2.24) is 0 Å². The van der Waals surface area contributed by atoms with E-state index in [-0.39, 0.29) is 5.30 Å². The minimum Gasteiger partial charge on any atom is -0.492 e. The molecule has 0 aliphatic rings. The summed E-state index contributed by atoms with van der Waals surface area (Å²) in [6.07, 6.45) is 0. The maximum absolute atomic E-state index is 11.3. The maximum Gasteiger partial charge on any atom is 0.356 e. The molecule has 2 aromatic rings. The molecule has 0 aromatic heterocycles. The van der Waals surface area contributed by atoms with Crippen LogP contribution in [-0.4, -0.2) is 23.0 Å². The predicted octanol–water partition coefficient (Wildman–Crippen LogP) is 3.28. The van der Waals surface area contributed by atoms with E-state index in [9.17, 15) is 14.4 Å². The highest BCUT2D eigenvalue weighted by molar-refractivity contribution is 7.60. The summed E-state index contributed by atoms with van der Waals surface area (Å²) in [7, 11) is -4.35. The van der Waals surface area contributed by atoms with Crippen LogP contribution < -0.4 is 20.5 Å². The number of hydrogen-bond donors (Lipinski definition) is 3. The zero-order valence-corrected chi connectivity index (χ0v) is 14.8. The van der Waals surface area contributed by atoms with Gasteiger partial charge in [-0.25, -0.2) is 0 Å². The molecule has 0 saturated carbocycles. The van der Waals surface area contributed by atoms with Crippen molar-refractivity contribution in [3.05, 3.63) is 36.4 Å². The largest absolute Gasteiger partial charge is 0.492 e. The Bertz CT molecular complexity index is 819. The van der Waals surface area contributed by atoms with Gasteiger partial charge in [-0.15, -0.1) is 5.11 Å². The molecule has 2 aromatic carbocycles. The number of benzene rings is 2. The second-order valence-electron chi connectivity index (χ2n) is 4.99. The van der Waals surface area contributed by atoms with Gasteiger partial charge in [-0.1, -0.05) is 6.07 Å². The maximum atomic E-state index is 11.3. The third kappa shape index (κ3) is 5.03. The zero-order chi connectivity index (χ0) is 18.4. The van der Waals surface area contributed by atoms with Gasteiger partial charge in [0.15, 0.2) is 0 Å². The van der Waals surface area contributed by atoms with Crippen molar-refractivity contribution in [1.29, 1.82) is 0 Å². The second kappa shape index (κ2) is 8.11. The first-order valence-electron chi connectivity index (χ1n) is 7.62. The summed E-state index contributed by atoms with van der Waals surface area (Å²) in [6.45, 7) is 4.53. The summed E-state index contributed by atoms with van der Waals surface area (Å²) in [5.41, 5.74) is 7.05. The molecule has 0 radical (unpaired) electrons. The normalized spacial score (nSPS) is 11.7. The summed E-state index contributed by atoms with van der Waals surface area (Å²) < 4.78 is 22.3. The molecular formula is C16H20N3O5P. The fourth-order valence-corrected chi connectivity index (χ4v) is 2.62. The molecule has 0 aliphatic heterocycles. The number of nitrogens with two attached hydrogens (primary N) is 1. The lowest BCUT2D eigenvalue weighted by Crippen LogP contribution is -2.01. The fourth-order valence-electron chi connectivity index (χ4n) is 2.04. The number of anilines is 1. The molecule has 0 heterocycles. The molecule has 0 spiro atoms. The van der Waals surface area contributed by atoms with Gasteiger partial charge in [-0.05, 0) is 32.0 Å². The fraction of sp³-hybridized carbons (Fsp3) is 0.250. The molecule has 0 fully saturated rings. The average Bonchev–Trinajstić information content (AvgIpc) is 2.56. The SMILES string of the molecule is CCOc1cc(N=Nc2cccc(P(=O)(O)O)c2)c(OCC)cc1N. The highest BCUT2D eigenvalue weighted by Crippen LogP contribution is 2.38. The average molecular weight is 365 g/mol. The smallest absolute Gasteiger partial charge is 0.356 e. The van der Waals surface area contributed by atoms with Gasteiger partial charge in [0.25, 0.3) is 0 Å². The van der Waals surface area contributed by atoms with Crippen molar-refractivity contribution in [2.24, 2.45) is 10.2 Å². The third-order valence-corrected chi connectivity index (χ3v) is 4.08.